The minimum atomic E-state index is -0.895. The Morgan fingerprint density at radius 2 is 1.83 bits per heavy atom. The summed E-state index contributed by atoms with van der Waals surface area (Å²) >= 11 is 0. The van der Waals surface area contributed by atoms with Gasteiger partial charge in [0.05, 0.1) is 18.8 Å². The van der Waals surface area contributed by atoms with Crippen LogP contribution in [0.1, 0.15) is 68.6 Å². The number of piperidine rings is 1. The van der Waals surface area contributed by atoms with Gasteiger partial charge in [-0.05, 0) is 56.1 Å². The zero-order chi connectivity index (χ0) is 25.5. The van der Waals surface area contributed by atoms with Gasteiger partial charge in [-0.2, -0.15) is 0 Å². The van der Waals surface area contributed by atoms with Gasteiger partial charge in [0.2, 0.25) is 0 Å². The van der Waals surface area contributed by atoms with Crippen molar-refractivity contribution in [3.8, 4) is 0 Å². The van der Waals surface area contributed by atoms with Crippen LogP contribution in [-0.2, 0) is 30.4 Å². The minimum Gasteiger partial charge on any atom is -0.453 e. The van der Waals surface area contributed by atoms with Gasteiger partial charge in [0.15, 0.2) is 12.4 Å². The molecule has 2 aliphatic rings. The van der Waals surface area contributed by atoms with Gasteiger partial charge < -0.3 is 29.5 Å². The number of esters is 1. The molecule has 36 heavy (non-hydrogen) atoms. The molecule has 0 radical (unpaired) electrons. The number of likely N-dealkylation sites (tertiary alicyclic amines) is 1. The van der Waals surface area contributed by atoms with E-state index in [-0.39, 0.29) is 18.8 Å². The first-order valence-corrected chi connectivity index (χ1v) is 12.7. The Morgan fingerprint density at radius 1 is 1.08 bits per heavy atom. The fourth-order valence-electron chi connectivity index (χ4n) is 4.77. The first-order valence-electron chi connectivity index (χ1n) is 12.7. The van der Waals surface area contributed by atoms with E-state index in [9.17, 15) is 14.7 Å². The number of nitrogens with zero attached hydrogens (tertiary/aromatic N) is 1. The third kappa shape index (κ3) is 7.13. The highest BCUT2D eigenvalue weighted by molar-refractivity contribution is 5.95. The fourth-order valence-corrected chi connectivity index (χ4v) is 4.77. The Balaban J connectivity index is 1.51. The maximum absolute atomic E-state index is 12.4. The lowest BCUT2D eigenvalue weighted by molar-refractivity contribution is -0.253. The van der Waals surface area contributed by atoms with Crippen LogP contribution < -0.4 is 5.32 Å². The molecule has 0 saturated carbocycles. The molecule has 4 unspecified atom stereocenters. The number of ether oxygens (including phenoxy) is 3. The van der Waals surface area contributed by atoms with E-state index >= 15 is 0 Å². The van der Waals surface area contributed by atoms with Gasteiger partial charge in [0.1, 0.15) is 0 Å². The standard InChI is InChI=1S/C28H36N2O6/c1-19(34-20(2)32)27(33)29-24-8-6-7-23(15-24)28-35-25(17-30-13-4-3-5-14-30)16-26(36-28)22-11-9-21(18-31)10-12-22/h6-12,15,19,25-26,28,31H,3-5,13-14,16-18H2,1-2H3,(H,29,33). The van der Waals surface area contributed by atoms with E-state index in [1.165, 1.54) is 33.1 Å². The Bertz CT molecular complexity index is 1020. The number of hydrogen-bond acceptors (Lipinski definition) is 7. The third-order valence-corrected chi connectivity index (χ3v) is 6.66. The second-order valence-corrected chi connectivity index (χ2v) is 9.58. The lowest BCUT2D eigenvalue weighted by atomic mass is 9.99. The zero-order valence-electron chi connectivity index (χ0n) is 21.0. The van der Waals surface area contributed by atoms with Crippen molar-refractivity contribution in [2.24, 2.45) is 0 Å². The molecule has 0 aromatic heterocycles. The van der Waals surface area contributed by atoms with E-state index in [1.54, 1.807) is 6.07 Å². The van der Waals surface area contributed by atoms with Gasteiger partial charge in [0.25, 0.3) is 5.91 Å². The molecule has 0 aliphatic carbocycles. The SMILES string of the molecule is CC(=O)OC(C)C(=O)Nc1cccc(C2OC(CN3CCCCC3)CC(c3ccc(CO)cc3)O2)c1. The van der Waals surface area contributed by atoms with Crippen LogP contribution in [0, 0.1) is 0 Å². The van der Waals surface area contributed by atoms with Gasteiger partial charge in [-0.1, -0.05) is 42.8 Å². The molecule has 4 rings (SSSR count). The average Bonchev–Trinajstić information content (AvgIpc) is 2.89. The van der Waals surface area contributed by atoms with Crippen molar-refractivity contribution < 1.29 is 28.9 Å². The average molecular weight is 497 g/mol. The predicted molar refractivity (Wildman–Crippen MR) is 135 cm³/mol. The van der Waals surface area contributed by atoms with Crippen LogP contribution in [0.4, 0.5) is 5.69 Å². The van der Waals surface area contributed by atoms with Crippen LogP contribution in [0.2, 0.25) is 0 Å². The van der Waals surface area contributed by atoms with Crippen LogP contribution in [0.5, 0.6) is 0 Å². The number of aliphatic hydroxyl groups is 1. The first-order chi connectivity index (χ1) is 17.4. The molecule has 0 spiro atoms. The predicted octanol–water partition coefficient (Wildman–Crippen LogP) is 4.10. The van der Waals surface area contributed by atoms with Gasteiger partial charge in [-0.25, -0.2) is 0 Å². The van der Waals surface area contributed by atoms with Crippen molar-refractivity contribution in [2.75, 3.05) is 25.0 Å². The molecule has 2 aromatic rings. The van der Waals surface area contributed by atoms with Crippen molar-refractivity contribution in [3.05, 3.63) is 65.2 Å². The first kappa shape index (κ1) is 26.3. The second-order valence-electron chi connectivity index (χ2n) is 9.58. The van der Waals surface area contributed by atoms with Crippen molar-refractivity contribution in [3.63, 3.8) is 0 Å². The molecule has 2 fully saturated rings. The highest BCUT2D eigenvalue weighted by atomic mass is 16.7. The number of amides is 1. The van der Waals surface area contributed by atoms with Crippen molar-refractivity contribution in [2.45, 2.75) is 70.7 Å². The Hall–Kier alpha value is -2.78. The highest BCUT2D eigenvalue weighted by Crippen LogP contribution is 2.38. The number of nitrogens with one attached hydrogen (secondary N) is 1. The lowest BCUT2D eigenvalue weighted by Crippen LogP contribution is -2.41. The Morgan fingerprint density at radius 3 is 2.53 bits per heavy atom. The van der Waals surface area contributed by atoms with E-state index in [0.717, 1.165) is 42.7 Å². The topological polar surface area (TPSA) is 97.3 Å². The number of carbonyl (C=O) groups excluding carboxylic acids is 2. The molecular formula is C28H36N2O6. The molecular weight excluding hydrogens is 460 g/mol. The molecule has 1 amide bonds. The van der Waals surface area contributed by atoms with Crippen molar-refractivity contribution in [1.29, 1.82) is 0 Å². The summed E-state index contributed by atoms with van der Waals surface area (Å²) in [6, 6.07) is 15.2. The molecule has 4 atom stereocenters. The summed E-state index contributed by atoms with van der Waals surface area (Å²) < 4.78 is 17.8. The molecule has 2 saturated heterocycles. The van der Waals surface area contributed by atoms with Gasteiger partial charge in [-0.15, -0.1) is 0 Å². The molecule has 0 bridgehead atoms. The summed E-state index contributed by atoms with van der Waals surface area (Å²) in [7, 11) is 0. The summed E-state index contributed by atoms with van der Waals surface area (Å²) in [5.41, 5.74) is 3.28. The van der Waals surface area contributed by atoms with Crippen molar-refractivity contribution >= 4 is 17.6 Å². The number of rotatable bonds is 8. The molecule has 2 aromatic carbocycles. The van der Waals surface area contributed by atoms with Crippen LogP contribution >= 0.6 is 0 Å². The summed E-state index contributed by atoms with van der Waals surface area (Å²) in [5, 5.41) is 12.2. The van der Waals surface area contributed by atoms with Gasteiger partial charge in [0, 0.05) is 31.1 Å². The van der Waals surface area contributed by atoms with Crippen molar-refractivity contribution in [1.82, 2.24) is 4.90 Å². The smallest absolute Gasteiger partial charge is 0.303 e. The van der Waals surface area contributed by atoms with Crippen LogP contribution in [-0.4, -0.2) is 53.7 Å². The zero-order valence-corrected chi connectivity index (χ0v) is 21.0. The highest BCUT2D eigenvalue weighted by Gasteiger charge is 2.33. The van der Waals surface area contributed by atoms with Gasteiger partial charge >= 0.3 is 5.97 Å². The normalized spacial score (nSPS) is 23.6. The maximum Gasteiger partial charge on any atom is 0.303 e. The number of carbonyl (C=O) groups is 2. The molecule has 194 valence electrons. The Labute approximate surface area is 212 Å². The molecule has 2 aliphatic heterocycles. The number of hydrogen-bond donors (Lipinski definition) is 2. The van der Waals surface area contributed by atoms with E-state index < -0.39 is 24.3 Å². The quantitative estimate of drug-likeness (QED) is 0.531. The molecule has 8 heteroatoms. The molecule has 8 nitrogen and oxygen atoms in total. The van der Waals surface area contributed by atoms with Gasteiger partial charge in [-0.3, -0.25) is 9.59 Å². The second kappa shape index (κ2) is 12.5. The van der Waals surface area contributed by atoms with Crippen LogP contribution in [0.25, 0.3) is 0 Å². The summed E-state index contributed by atoms with van der Waals surface area (Å²) in [4.78, 5) is 26.1. The van der Waals surface area contributed by atoms with E-state index in [4.69, 9.17) is 14.2 Å². The van der Waals surface area contributed by atoms with Crippen LogP contribution in [0.15, 0.2) is 48.5 Å². The third-order valence-electron chi connectivity index (χ3n) is 6.66. The summed E-state index contributed by atoms with van der Waals surface area (Å²) in [6.07, 6.45) is 2.79. The van der Waals surface area contributed by atoms with E-state index in [0.29, 0.717) is 5.69 Å². The fraction of sp³-hybridized carbons (Fsp3) is 0.500. The summed E-state index contributed by atoms with van der Waals surface area (Å²) in [6.45, 7) is 5.83. The number of benzene rings is 2. The lowest BCUT2D eigenvalue weighted by Gasteiger charge is -2.39. The maximum atomic E-state index is 12.4. The molecule has 2 N–H and O–H groups in total. The van der Waals surface area contributed by atoms with E-state index in [2.05, 4.69) is 10.2 Å². The van der Waals surface area contributed by atoms with E-state index in [1.807, 2.05) is 42.5 Å². The molecule has 2 heterocycles. The largest absolute Gasteiger partial charge is 0.453 e. The number of aliphatic hydroxyl groups excluding tert-OH is 1. The summed E-state index contributed by atoms with van der Waals surface area (Å²) in [5.74, 6) is -0.911. The Kier molecular flexibility index (Phi) is 9.09. The monoisotopic (exact) mass is 496 g/mol. The number of anilines is 1. The minimum absolute atomic E-state index is 0.00368. The van der Waals surface area contributed by atoms with Crippen LogP contribution in [0.3, 0.4) is 0 Å².